The van der Waals surface area contributed by atoms with Gasteiger partial charge in [-0.1, -0.05) is 23.8 Å². The maximum atomic E-state index is 11.2. The van der Waals surface area contributed by atoms with E-state index in [2.05, 4.69) is 17.5 Å². The number of amides is 1. The van der Waals surface area contributed by atoms with Crippen LogP contribution in [0.25, 0.3) is 0 Å². The first-order valence-corrected chi connectivity index (χ1v) is 7.03. The summed E-state index contributed by atoms with van der Waals surface area (Å²) in [5, 5.41) is 3.99. The number of nitrogens with two attached hydrogens (primary N) is 1. The van der Waals surface area contributed by atoms with E-state index in [4.69, 9.17) is 17.3 Å². The van der Waals surface area contributed by atoms with E-state index in [1.54, 1.807) is 18.2 Å². The van der Waals surface area contributed by atoms with Crippen molar-refractivity contribution in [3.05, 3.63) is 40.9 Å². The highest BCUT2D eigenvalue weighted by Gasteiger charge is 2.35. The third-order valence-corrected chi connectivity index (χ3v) is 4.55. The number of carbonyl (C=O) groups is 1. The van der Waals surface area contributed by atoms with E-state index in [0.29, 0.717) is 22.4 Å². The van der Waals surface area contributed by atoms with Crippen molar-refractivity contribution in [1.29, 1.82) is 0 Å². The molecule has 0 saturated heterocycles. The molecular weight excluding hydrogens is 260 g/mol. The van der Waals surface area contributed by atoms with Crippen LogP contribution < -0.4 is 11.1 Å². The van der Waals surface area contributed by atoms with Crippen molar-refractivity contribution in [3.63, 3.8) is 0 Å². The fourth-order valence-corrected chi connectivity index (χ4v) is 3.37. The molecule has 0 radical (unpaired) electrons. The van der Waals surface area contributed by atoms with E-state index in [9.17, 15) is 4.79 Å². The lowest BCUT2D eigenvalue weighted by Crippen LogP contribution is -2.19. The highest BCUT2D eigenvalue weighted by atomic mass is 35.5. The Morgan fingerprint density at radius 3 is 2.84 bits per heavy atom. The molecule has 1 aromatic carbocycles. The maximum absolute atomic E-state index is 11.2. The Morgan fingerprint density at radius 1 is 1.37 bits per heavy atom. The van der Waals surface area contributed by atoms with Gasteiger partial charge in [-0.3, -0.25) is 4.79 Å². The van der Waals surface area contributed by atoms with Crippen LogP contribution in [-0.2, 0) is 0 Å². The number of nitrogens with one attached hydrogen (secondary N) is 1. The Hall–Kier alpha value is -1.48. The minimum absolute atomic E-state index is 0.428. The Balaban J connectivity index is 1.68. The van der Waals surface area contributed by atoms with Crippen LogP contribution in [0.1, 0.15) is 23.2 Å². The summed E-state index contributed by atoms with van der Waals surface area (Å²) >= 11 is 6.14. The van der Waals surface area contributed by atoms with Gasteiger partial charge < -0.3 is 11.1 Å². The van der Waals surface area contributed by atoms with Crippen molar-refractivity contribution < 1.29 is 4.79 Å². The lowest BCUT2D eigenvalue weighted by atomic mass is 9.93. The van der Waals surface area contributed by atoms with Crippen LogP contribution in [0.5, 0.6) is 0 Å². The van der Waals surface area contributed by atoms with Gasteiger partial charge in [-0.05, 0) is 48.8 Å². The first kappa shape index (κ1) is 12.5. The third-order valence-electron chi connectivity index (χ3n) is 4.22. The summed E-state index contributed by atoms with van der Waals surface area (Å²) < 4.78 is 0. The molecule has 3 N–H and O–H groups in total. The van der Waals surface area contributed by atoms with Crippen LogP contribution in [0.2, 0.25) is 5.02 Å². The molecule has 3 rings (SSSR count). The van der Waals surface area contributed by atoms with Crippen LogP contribution >= 0.6 is 11.6 Å². The van der Waals surface area contributed by atoms with Crippen molar-refractivity contribution in [1.82, 2.24) is 0 Å². The highest BCUT2D eigenvalue weighted by Crippen LogP contribution is 2.43. The molecule has 2 aliphatic rings. The van der Waals surface area contributed by atoms with E-state index in [1.807, 2.05) is 0 Å². The van der Waals surface area contributed by atoms with Gasteiger partial charge in [-0.25, -0.2) is 0 Å². The molecule has 4 heteroatoms. The molecule has 1 saturated carbocycles. The van der Waals surface area contributed by atoms with Crippen LogP contribution in [0.3, 0.4) is 0 Å². The summed E-state index contributed by atoms with van der Waals surface area (Å²) in [6.07, 6.45) is 7.21. The summed E-state index contributed by atoms with van der Waals surface area (Å²) in [6, 6.07) is 5.09. The van der Waals surface area contributed by atoms with Gasteiger partial charge in [0.2, 0.25) is 5.91 Å². The molecule has 0 heterocycles. The molecule has 2 bridgehead atoms. The number of hydrogen-bond donors (Lipinski definition) is 2. The summed E-state index contributed by atoms with van der Waals surface area (Å²) in [4.78, 5) is 11.2. The number of primary amides is 1. The average molecular weight is 277 g/mol. The zero-order chi connectivity index (χ0) is 13.4. The van der Waals surface area contributed by atoms with E-state index in [-0.39, 0.29) is 0 Å². The molecule has 1 fully saturated rings. The Morgan fingerprint density at radius 2 is 2.21 bits per heavy atom. The third kappa shape index (κ3) is 2.47. The second-order valence-electron chi connectivity index (χ2n) is 5.48. The van der Waals surface area contributed by atoms with Gasteiger partial charge in [0.05, 0.1) is 10.7 Å². The van der Waals surface area contributed by atoms with Crippen LogP contribution in [-0.4, -0.2) is 12.5 Å². The zero-order valence-corrected chi connectivity index (χ0v) is 11.4. The number of halogens is 1. The number of allylic oxidation sites excluding steroid dienone is 2. The summed E-state index contributed by atoms with van der Waals surface area (Å²) in [5.41, 5.74) is 6.56. The number of rotatable bonds is 4. The predicted molar refractivity (Wildman–Crippen MR) is 77.3 cm³/mol. The lowest BCUT2D eigenvalue weighted by molar-refractivity contribution is 0.100. The van der Waals surface area contributed by atoms with E-state index in [1.165, 1.54) is 12.8 Å². The number of benzene rings is 1. The molecule has 3 nitrogen and oxygen atoms in total. The second-order valence-corrected chi connectivity index (χ2v) is 5.89. The molecule has 0 aliphatic heterocycles. The number of carbonyl (C=O) groups excluding carboxylic acids is 1. The van der Waals surface area contributed by atoms with Gasteiger partial charge in [0.25, 0.3) is 0 Å². The minimum Gasteiger partial charge on any atom is -0.384 e. The summed E-state index contributed by atoms with van der Waals surface area (Å²) in [5.74, 6) is 1.71. The standard InChI is InChI=1S/C15H17ClN2O/c16-13-4-3-11(15(17)19)7-14(13)18-8-12-6-9-1-2-10(12)5-9/h1-4,7,9-10,12,18H,5-6,8H2,(H2,17,19). The van der Waals surface area contributed by atoms with Gasteiger partial charge in [0.15, 0.2) is 0 Å². The van der Waals surface area contributed by atoms with E-state index < -0.39 is 5.91 Å². The number of anilines is 1. The quantitative estimate of drug-likeness (QED) is 0.831. The van der Waals surface area contributed by atoms with Crippen LogP contribution in [0.15, 0.2) is 30.4 Å². The van der Waals surface area contributed by atoms with Crippen LogP contribution in [0.4, 0.5) is 5.69 Å². The maximum Gasteiger partial charge on any atom is 0.248 e. The van der Waals surface area contributed by atoms with Crippen molar-refractivity contribution >= 4 is 23.2 Å². The molecule has 19 heavy (non-hydrogen) atoms. The first-order valence-electron chi connectivity index (χ1n) is 6.65. The molecule has 100 valence electrons. The predicted octanol–water partition coefficient (Wildman–Crippen LogP) is 3.06. The molecule has 3 unspecified atom stereocenters. The lowest BCUT2D eigenvalue weighted by Gasteiger charge is -2.19. The number of fused-ring (bicyclic) bond motifs is 2. The fraction of sp³-hybridized carbons (Fsp3) is 0.400. The minimum atomic E-state index is -0.428. The summed E-state index contributed by atoms with van der Waals surface area (Å²) in [6.45, 7) is 0.896. The topological polar surface area (TPSA) is 55.1 Å². The largest absolute Gasteiger partial charge is 0.384 e. The van der Waals surface area contributed by atoms with E-state index in [0.717, 1.165) is 18.2 Å². The molecular formula is C15H17ClN2O. The second kappa shape index (κ2) is 4.89. The van der Waals surface area contributed by atoms with Crippen molar-refractivity contribution in [2.75, 3.05) is 11.9 Å². The summed E-state index contributed by atoms with van der Waals surface area (Å²) in [7, 11) is 0. The van der Waals surface area contributed by atoms with Crippen LogP contribution in [0, 0.1) is 17.8 Å². The van der Waals surface area contributed by atoms with Crippen molar-refractivity contribution in [2.45, 2.75) is 12.8 Å². The van der Waals surface area contributed by atoms with Gasteiger partial charge in [0, 0.05) is 12.1 Å². The van der Waals surface area contributed by atoms with Gasteiger partial charge in [-0.15, -0.1) is 0 Å². The fourth-order valence-electron chi connectivity index (χ4n) is 3.18. The molecule has 1 amide bonds. The van der Waals surface area contributed by atoms with Gasteiger partial charge in [-0.2, -0.15) is 0 Å². The Labute approximate surface area is 117 Å². The Kier molecular flexibility index (Phi) is 3.23. The zero-order valence-electron chi connectivity index (χ0n) is 10.6. The van der Waals surface area contributed by atoms with E-state index >= 15 is 0 Å². The van der Waals surface area contributed by atoms with Gasteiger partial charge >= 0.3 is 0 Å². The molecule has 0 aromatic heterocycles. The van der Waals surface area contributed by atoms with Crippen molar-refractivity contribution in [3.8, 4) is 0 Å². The SMILES string of the molecule is NC(=O)c1ccc(Cl)c(NCC2CC3C=CC2C3)c1. The molecule has 1 aromatic rings. The Bertz CT molecular complexity index is 541. The average Bonchev–Trinajstić information content (AvgIpc) is 2.99. The normalized spacial score (nSPS) is 27.7. The smallest absolute Gasteiger partial charge is 0.248 e. The van der Waals surface area contributed by atoms with Gasteiger partial charge in [0.1, 0.15) is 0 Å². The first-order chi connectivity index (χ1) is 9.13. The number of hydrogen-bond acceptors (Lipinski definition) is 2. The highest BCUT2D eigenvalue weighted by molar-refractivity contribution is 6.33. The molecule has 0 spiro atoms. The monoisotopic (exact) mass is 276 g/mol. The molecule has 3 atom stereocenters. The van der Waals surface area contributed by atoms with Crippen molar-refractivity contribution in [2.24, 2.45) is 23.5 Å². The molecule has 2 aliphatic carbocycles.